The lowest BCUT2D eigenvalue weighted by Crippen LogP contribution is -2.57. The van der Waals surface area contributed by atoms with Crippen LogP contribution in [0.5, 0.6) is 0 Å². The van der Waals surface area contributed by atoms with Gasteiger partial charge in [0.1, 0.15) is 0 Å². The molecule has 0 saturated carbocycles. The lowest BCUT2D eigenvalue weighted by Gasteiger charge is -2.39. The lowest BCUT2D eigenvalue weighted by molar-refractivity contribution is -0.169. The van der Waals surface area contributed by atoms with Crippen LogP contribution in [0.25, 0.3) is 0 Å². The molecule has 2 atom stereocenters. The molecule has 0 aliphatic carbocycles. The Balaban J connectivity index is 2.55. The van der Waals surface area contributed by atoms with E-state index >= 15 is 0 Å². The van der Waals surface area contributed by atoms with Crippen LogP contribution >= 0.6 is 0 Å². The second-order valence-electron chi connectivity index (χ2n) is 3.43. The zero-order valence-electron chi connectivity index (χ0n) is 7.79. The fourth-order valence-electron chi connectivity index (χ4n) is 1.43. The molecule has 1 fully saturated rings. The summed E-state index contributed by atoms with van der Waals surface area (Å²) >= 11 is 0. The average Bonchev–Trinajstić information content (AvgIpc) is 1.99. The first-order valence-corrected chi connectivity index (χ1v) is 4.36. The molecule has 0 aromatic heterocycles. The fourth-order valence-corrected chi connectivity index (χ4v) is 1.43. The van der Waals surface area contributed by atoms with Crippen molar-refractivity contribution >= 4 is 5.91 Å². The van der Waals surface area contributed by atoms with Crippen molar-refractivity contribution in [3.8, 4) is 6.07 Å². The number of likely N-dealkylation sites (tertiary alicyclic amines) is 1. The summed E-state index contributed by atoms with van der Waals surface area (Å²) in [5.74, 6) is -2.69. The topological polar surface area (TPSA) is 70.1 Å². The van der Waals surface area contributed by atoms with Crippen LogP contribution in [0.2, 0.25) is 0 Å². The van der Waals surface area contributed by atoms with E-state index in [1.165, 1.54) is 11.0 Å². The van der Waals surface area contributed by atoms with Crippen molar-refractivity contribution in [3.05, 3.63) is 0 Å². The first-order valence-electron chi connectivity index (χ1n) is 4.36. The third-order valence-corrected chi connectivity index (χ3v) is 2.43. The quantitative estimate of drug-likeness (QED) is 0.742. The predicted molar refractivity (Wildman–Crippen MR) is 44.3 cm³/mol. The van der Waals surface area contributed by atoms with Crippen molar-refractivity contribution in [1.82, 2.24) is 4.90 Å². The molecule has 0 spiro atoms. The van der Waals surface area contributed by atoms with Crippen LogP contribution in [0, 0.1) is 17.2 Å². The van der Waals surface area contributed by atoms with E-state index in [9.17, 15) is 18.0 Å². The first kappa shape index (κ1) is 11.8. The smallest absolute Gasteiger partial charge is 0.368 e. The number of alkyl halides is 3. The van der Waals surface area contributed by atoms with Crippen LogP contribution in [0.4, 0.5) is 13.2 Å². The number of carbonyl (C=O) groups excluding carboxylic acids is 1. The molecule has 1 rings (SSSR count). The van der Waals surface area contributed by atoms with Crippen molar-refractivity contribution in [2.24, 2.45) is 11.7 Å². The minimum Gasteiger partial charge on any atom is -0.368 e. The first-order chi connectivity index (χ1) is 6.86. The van der Waals surface area contributed by atoms with E-state index in [4.69, 9.17) is 11.0 Å². The second kappa shape index (κ2) is 4.06. The van der Waals surface area contributed by atoms with Crippen LogP contribution in [-0.4, -0.2) is 36.1 Å². The third-order valence-electron chi connectivity index (χ3n) is 2.43. The van der Waals surface area contributed by atoms with Gasteiger partial charge >= 0.3 is 6.18 Å². The molecule has 0 aromatic carbocycles. The Hall–Kier alpha value is -1.29. The van der Waals surface area contributed by atoms with E-state index in [-0.39, 0.29) is 0 Å². The molecule has 1 aliphatic heterocycles. The third kappa shape index (κ3) is 2.59. The maximum atomic E-state index is 12.2. The van der Waals surface area contributed by atoms with Gasteiger partial charge in [0.05, 0.1) is 12.1 Å². The Morgan fingerprint density at radius 2 is 2.27 bits per heavy atom. The minimum absolute atomic E-state index is 0.377. The van der Waals surface area contributed by atoms with Gasteiger partial charge in [0, 0.05) is 13.1 Å². The average molecular weight is 221 g/mol. The summed E-state index contributed by atoms with van der Waals surface area (Å²) in [5, 5.41) is 8.34. The number of halogens is 3. The highest BCUT2D eigenvalue weighted by Gasteiger charge is 2.44. The van der Waals surface area contributed by atoms with Gasteiger partial charge in [-0.1, -0.05) is 0 Å². The summed E-state index contributed by atoms with van der Waals surface area (Å²) in [4.78, 5) is 12.0. The normalized spacial score (nSPS) is 24.0. The maximum absolute atomic E-state index is 12.2. The van der Waals surface area contributed by atoms with Crippen molar-refractivity contribution < 1.29 is 18.0 Å². The van der Waals surface area contributed by atoms with E-state index in [0.29, 0.717) is 13.0 Å². The number of carbonyl (C=O) groups is 1. The summed E-state index contributed by atoms with van der Waals surface area (Å²) in [7, 11) is 0. The summed E-state index contributed by atoms with van der Waals surface area (Å²) < 4.78 is 36.6. The Morgan fingerprint density at radius 1 is 1.67 bits per heavy atom. The number of nitrogens with two attached hydrogens (primary N) is 1. The molecular weight excluding hydrogens is 211 g/mol. The number of amides is 1. The Labute approximate surface area is 84.4 Å². The van der Waals surface area contributed by atoms with Crippen molar-refractivity contribution in [2.45, 2.75) is 18.6 Å². The van der Waals surface area contributed by atoms with Gasteiger partial charge in [-0.25, -0.2) is 0 Å². The molecule has 7 heteroatoms. The maximum Gasteiger partial charge on any atom is 0.405 e. The Morgan fingerprint density at radius 3 is 2.53 bits per heavy atom. The van der Waals surface area contributed by atoms with Crippen molar-refractivity contribution in [3.63, 3.8) is 0 Å². The zero-order chi connectivity index (χ0) is 11.6. The highest BCUT2D eigenvalue weighted by atomic mass is 19.4. The van der Waals surface area contributed by atoms with E-state index < -0.39 is 30.6 Å². The number of hydrogen-bond donors (Lipinski definition) is 1. The molecule has 4 nitrogen and oxygen atoms in total. The molecule has 2 unspecified atom stereocenters. The summed E-state index contributed by atoms with van der Waals surface area (Å²) in [6, 6.07) is 0.532. The Kier molecular flexibility index (Phi) is 3.19. The van der Waals surface area contributed by atoms with Crippen LogP contribution in [0.3, 0.4) is 0 Å². The molecule has 1 heterocycles. The zero-order valence-corrected chi connectivity index (χ0v) is 7.79. The van der Waals surface area contributed by atoms with Gasteiger partial charge in [0.25, 0.3) is 0 Å². The van der Waals surface area contributed by atoms with Crippen molar-refractivity contribution in [1.29, 1.82) is 5.26 Å². The molecule has 1 amide bonds. The van der Waals surface area contributed by atoms with Gasteiger partial charge in [-0.05, 0) is 6.42 Å². The summed E-state index contributed by atoms with van der Waals surface area (Å²) in [6.07, 6.45) is -4.09. The molecule has 1 saturated heterocycles. The van der Waals surface area contributed by atoms with Crippen LogP contribution in [-0.2, 0) is 4.79 Å². The second-order valence-corrected chi connectivity index (χ2v) is 3.43. The molecule has 0 bridgehead atoms. The SMILES string of the molecule is N#CC(CN1CCC1C(N)=O)C(F)(F)F. The monoisotopic (exact) mass is 221 g/mol. The van der Waals surface area contributed by atoms with Crippen molar-refractivity contribution in [2.75, 3.05) is 13.1 Å². The number of nitriles is 1. The van der Waals surface area contributed by atoms with Gasteiger partial charge in [0.15, 0.2) is 5.92 Å². The molecule has 2 N–H and O–H groups in total. The van der Waals surface area contributed by atoms with Crippen LogP contribution in [0.15, 0.2) is 0 Å². The van der Waals surface area contributed by atoms with E-state index in [1.54, 1.807) is 0 Å². The van der Waals surface area contributed by atoms with Gasteiger partial charge in [-0.3, -0.25) is 9.69 Å². The van der Waals surface area contributed by atoms with Gasteiger partial charge in [0.2, 0.25) is 5.91 Å². The molecule has 0 radical (unpaired) electrons. The van der Waals surface area contributed by atoms with E-state index in [2.05, 4.69) is 0 Å². The predicted octanol–water partition coefficient (Wildman–Crippen LogP) is 0.248. The van der Waals surface area contributed by atoms with Crippen LogP contribution in [0.1, 0.15) is 6.42 Å². The number of hydrogen-bond acceptors (Lipinski definition) is 3. The van der Waals surface area contributed by atoms with Gasteiger partial charge in [-0.15, -0.1) is 0 Å². The molecule has 0 aromatic rings. The number of rotatable bonds is 3. The summed E-state index contributed by atoms with van der Waals surface area (Å²) in [5.41, 5.74) is 4.97. The van der Waals surface area contributed by atoms with Gasteiger partial charge < -0.3 is 5.73 Å². The van der Waals surface area contributed by atoms with E-state index in [0.717, 1.165) is 0 Å². The molecule has 15 heavy (non-hydrogen) atoms. The molecule has 84 valence electrons. The highest BCUT2D eigenvalue weighted by Crippen LogP contribution is 2.29. The fraction of sp³-hybridized carbons (Fsp3) is 0.750. The van der Waals surface area contributed by atoms with Crippen LogP contribution < -0.4 is 5.73 Å². The molecule has 1 aliphatic rings. The standard InChI is InChI=1S/C8H10F3N3O/c9-8(10,11)5(3-12)4-14-2-1-6(14)7(13)15/h5-6H,1-2,4H2,(H2,13,15). The lowest BCUT2D eigenvalue weighted by atomic mass is 9.99. The summed E-state index contributed by atoms with van der Waals surface area (Å²) in [6.45, 7) is -0.102. The van der Waals surface area contributed by atoms with Gasteiger partial charge in [-0.2, -0.15) is 18.4 Å². The molecular formula is C8H10F3N3O. The minimum atomic E-state index is -4.55. The highest BCUT2D eigenvalue weighted by molar-refractivity contribution is 5.80. The van der Waals surface area contributed by atoms with E-state index in [1.807, 2.05) is 0 Å². The number of primary amides is 1. The number of nitrogens with zero attached hydrogens (tertiary/aromatic N) is 2. The Bertz CT molecular complexity index is 296. The largest absolute Gasteiger partial charge is 0.405 e.